The highest BCUT2D eigenvalue weighted by Gasteiger charge is 2.02. The first-order valence-electron chi connectivity index (χ1n) is 6.60. The SMILES string of the molecule is CCCNCc1ccn(-c2ccc3sccc3c2)n1. The molecule has 0 atom stereocenters. The molecule has 19 heavy (non-hydrogen) atoms. The number of nitrogens with zero attached hydrogens (tertiary/aromatic N) is 2. The lowest BCUT2D eigenvalue weighted by atomic mass is 10.2. The van der Waals surface area contributed by atoms with E-state index in [0.717, 1.165) is 30.9 Å². The lowest BCUT2D eigenvalue weighted by Crippen LogP contribution is -2.14. The van der Waals surface area contributed by atoms with Gasteiger partial charge in [-0.2, -0.15) is 5.10 Å². The molecule has 0 saturated carbocycles. The molecule has 0 aliphatic heterocycles. The zero-order valence-electron chi connectivity index (χ0n) is 11.0. The minimum absolute atomic E-state index is 0.835. The molecule has 0 unspecified atom stereocenters. The highest BCUT2D eigenvalue weighted by atomic mass is 32.1. The van der Waals surface area contributed by atoms with Crippen LogP contribution in [0.3, 0.4) is 0 Å². The van der Waals surface area contributed by atoms with Gasteiger partial charge in [0.1, 0.15) is 0 Å². The van der Waals surface area contributed by atoms with Crippen molar-refractivity contribution in [3.63, 3.8) is 0 Å². The first-order valence-corrected chi connectivity index (χ1v) is 7.47. The van der Waals surface area contributed by atoms with E-state index in [9.17, 15) is 0 Å². The van der Waals surface area contributed by atoms with Crippen LogP contribution < -0.4 is 5.32 Å². The maximum Gasteiger partial charge on any atom is 0.0766 e. The third-order valence-corrected chi connectivity index (χ3v) is 3.98. The van der Waals surface area contributed by atoms with Crippen molar-refractivity contribution < 1.29 is 0 Å². The van der Waals surface area contributed by atoms with Gasteiger partial charge in [0.25, 0.3) is 0 Å². The third-order valence-electron chi connectivity index (χ3n) is 3.08. The monoisotopic (exact) mass is 271 g/mol. The Labute approximate surface area is 116 Å². The van der Waals surface area contributed by atoms with E-state index in [0.29, 0.717) is 0 Å². The van der Waals surface area contributed by atoms with E-state index >= 15 is 0 Å². The zero-order chi connectivity index (χ0) is 13.1. The van der Waals surface area contributed by atoms with Gasteiger partial charge in [-0.1, -0.05) is 6.92 Å². The van der Waals surface area contributed by atoms with Crippen LogP contribution in [0.1, 0.15) is 19.0 Å². The topological polar surface area (TPSA) is 29.9 Å². The van der Waals surface area contributed by atoms with Crippen molar-refractivity contribution in [3.8, 4) is 5.69 Å². The van der Waals surface area contributed by atoms with Gasteiger partial charge in [0.05, 0.1) is 11.4 Å². The number of aromatic nitrogens is 2. The Bertz CT molecular complexity index is 669. The predicted molar refractivity (Wildman–Crippen MR) is 80.9 cm³/mol. The summed E-state index contributed by atoms with van der Waals surface area (Å²) in [7, 11) is 0. The van der Waals surface area contributed by atoms with Crippen molar-refractivity contribution in [2.45, 2.75) is 19.9 Å². The summed E-state index contributed by atoms with van der Waals surface area (Å²) < 4.78 is 3.26. The van der Waals surface area contributed by atoms with Crippen molar-refractivity contribution >= 4 is 21.4 Å². The van der Waals surface area contributed by atoms with Gasteiger partial charge in [-0.3, -0.25) is 0 Å². The lowest BCUT2D eigenvalue weighted by Gasteiger charge is -2.02. The lowest BCUT2D eigenvalue weighted by molar-refractivity contribution is 0.656. The summed E-state index contributed by atoms with van der Waals surface area (Å²) in [5, 5.41) is 11.4. The number of hydrogen-bond acceptors (Lipinski definition) is 3. The van der Waals surface area contributed by atoms with E-state index < -0.39 is 0 Å². The normalized spacial score (nSPS) is 11.2. The molecule has 4 heteroatoms. The van der Waals surface area contributed by atoms with Gasteiger partial charge >= 0.3 is 0 Å². The number of nitrogens with one attached hydrogen (secondary N) is 1. The fourth-order valence-corrected chi connectivity index (χ4v) is 2.86. The summed E-state index contributed by atoms with van der Waals surface area (Å²) in [6.07, 6.45) is 3.17. The Morgan fingerprint density at radius 2 is 2.21 bits per heavy atom. The molecule has 0 bridgehead atoms. The van der Waals surface area contributed by atoms with Gasteiger partial charge < -0.3 is 5.32 Å². The summed E-state index contributed by atoms with van der Waals surface area (Å²) in [4.78, 5) is 0. The molecule has 0 fully saturated rings. The predicted octanol–water partition coefficient (Wildman–Crippen LogP) is 3.59. The molecule has 98 valence electrons. The molecule has 2 aromatic heterocycles. The third kappa shape index (κ3) is 2.69. The van der Waals surface area contributed by atoms with Crippen molar-refractivity contribution in [2.75, 3.05) is 6.54 Å². The molecule has 0 spiro atoms. The minimum Gasteiger partial charge on any atom is -0.311 e. The molecule has 1 aromatic carbocycles. The second-order valence-electron chi connectivity index (χ2n) is 4.57. The Hall–Kier alpha value is -1.65. The van der Waals surface area contributed by atoms with Crippen LogP contribution in [0.15, 0.2) is 41.9 Å². The molecule has 2 heterocycles. The zero-order valence-corrected chi connectivity index (χ0v) is 11.8. The van der Waals surface area contributed by atoms with Gasteiger partial charge in [-0.15, -0.1) is 11.3 Å². The maximum atomic E-state index is 4.60. The number of hydrogen-bond donors (Lipinski definition) is 1. The Kier molecular flexibility index (Phi) is 3.62. The molecule has 0 aliphatic carbocycles. The van der Waals surface area contributed by atoms with Crippen LogP contribution in [0, 0.1) is 0 Å². The average molecular weight is 271 g/mol. The van der Waals surface area contributed by atoms with Crippen LogP contribution in [0.25, 0.3) is 15.8 Å². The van der Waals surface area contributed by atoms with Crippen molar-refractivity contribution in [1.29, 1.82) is 0 Å². The Morgan fingerprint density at radius 3 is 3.11 bits per heavy atom. The van der Waals surface area contributed by atoms with E-state index in [-0.39, 0.29) is 0 Å². The van der Waals surface area contributed by atoms with E-state index in [1.54, 1.807) is 11.3 Å². The maximum absolute atomic E-state index is 4.60. The molecule has 3 nitrogen and oxygen atoms in total. The minimum atomic E-state index is 0.835. The summed E-state index contributed by atoms with van der Waals surface area (Å²) >= 11 is 1.77. The Balaban J connectivity index is 1.81. The highest BCUT2D eigenvalue weighted by molar-refractivity contribution is 7.17. The summed E-state index contributed by atoms with van der Waals surface area (Å²) in [5.74, 6) is 0. The molecule has 3 rings (SSSR count). The first kappa shape index (κ1) is 12.4. The smallest absolute Gasteiger partial charge is 0.0766 e. The quantitative estimate of drug-likeness (QED) is 0.719. The van der Waals surface area contributed by atoms with Crippen molar-refractivity contribution in [2.24, 2.45) is 0 Å². The van der Waals surface area contributed by atoms with Crippen LogP contribution in [0.2, 0.25) is 0 Å². The fraction of sp³-hybridized carbons (Fsp3) is 0.267. The molecule has 0 aliphatic rings. The molecular weight excluding hydrogens is 254 g/mol. The van der Waals surface area contributed by atoms with Gasteiger partial charge in [-0.25, -0.2) is 4.68 Å². The highest BCUT2D eigenvalue weighted by Crippen LogP contribution is 2.23. The van der Waals surface area contributed by atoms with Crippen LogP contribution >= 0.6 is 11.3 Å². The summed E-state index contributed by atoms with van der Waals surface area (Å²) in [6.45, 7) is 4.04. The number of benzene rings is 1. The fourth-order valence-electron chi connectivity index (χ4n) is 2.09. The van der Waals surface area contributed by atoms with E-state index in [4.69, 9.17) is 0 Å². The van der Waals surface area contributed by atoms with Crippen LogP contribution in [0.5, 0.6) is 0 Å². The Morgan fingerprint density at radius 1 is 1.26 bits per heavy atom. The van der Waals surface area contributed by atoms with Gasteiger partial charge in [0, 0.05) is 17.4 Å². The molecule has 3 aromatic rings. The molecule has 0 saturated heterocycles. The molecule has 0 radical (unpaired) electrons. The standard InChI is InChI=1S/C15H17N3S/c1-2-7-16-11-13-5-8-18(17-13)14-3-4-15-12(10-14)6-9-19-15/h3-6,8-10,16H,2,7,11H2,1H3. The van der Waals surface area contributed by atoms with Gasteiger partial charge in [0.15, 0.2) is 0 Å². The van der Waals surface area contributed by atoms with Crippen molar-refractivity contribution in [1.82, 2.24) is 15.1 Å². The second-order valence-corrected chi connectivity index (χ2v) is 5.52. The first-order chi connectivity index (χ1) is 9.36. The number of fused-ring (bicyclic) bond motifs is 1. The average Bonchev–Trinajstić information content (AvgIpc) is 3.06. The van der Waals surface area contributed by atoms with E-state index in [2.05, 4.69) is 53.1 Å². The van der Waals surface area contributed by atoms with Crippen LogP contribution in [0.4, 0.5) is 0 Å². The van der Waals surface area contributed by atoms with Gasteiger partial charge in [-0.05, 0) is 54.1 Å². The van der Waals surface area contributed by atoms with E-state index in [1.807, 2.05) is 10.9 Å². The molecular formula is C15H17N3S. The largest absolute Gasteiger partial charge is 0.311 e. The number of thiophene rings is 1. The van der Waals surface area contributed by atoms with Gasteiger partial charge in [0.2, 0.25) is 0 Å². The summed E-state index contributed by atoms with van der Waals surface area (Å²) in [6, 6.07) is 10.7. The van der Waals surface area contributed by atoms with Crippen molar-refractivity contribution in [3.05, 3.63) is 47.6 Å². The second kappa shape index (κ2) is 5.55. The van der Waals surface area contributed by atoms with E-state index in [1.165, 1.54) is 10.1 Å². The summed E-state index contributed by atoms with van der Waals surface area (Å²) in [5.41, 5.74) is 2.20. The number of rotatable bonds is 5. The van der Waals surface area contributed by atoms with Crippen LogP contribution in [-0.2, 0) is 6.54 Å². The van der Waals surface area contributed by atoms with Crippen LogP contribution in [-0.4, -0.2) is 16.3 Å². The molecule has 0 amide bonds. The molecule has 1 N–H and O–H groups in total.